The van der Waals surface area contributed by atoms with E-state index in [1.165, 1.54) is 55.8 Å². The zero-order valence-corrected chi connectivity index (χ0v) is 20.6. The van der Waals surface area contributed by atoms with Gasteiger partial charge in [0, 0.05) is 27.2 Å². The Morgan fingerprint density at radius 2 is 1.61 bits per heavy atom. The number of methoxy groups -OCH3 is 1. The molecule has 1 N–H and O–H groups in total. The monoisotopic (exact) mass is 495 g/mol. The Morgan fingerprint density at radius 1 is 0.970 bits per heavy atom. The van der Waals surface area contributed by atoms with Crippen molar-refractivity contribution in [2.45, 2.75) is 35.5 Å². The molecule has 0 saturated carbocycles. The zero-order valence-electron chi connectivity index (χ0n) is 18.9. The number of carbonyl (C=O) groups is 1. The van der Waals surface area contributed by atoms with Gasteiger partial charge < -0.3 is 10.1 Å². The Kier molecular flexibility index (Phi) is 7.78. The average Bonchev–Trinajstić information content (AvgIpc) is 3.09. The smallest absolute Gasteiger partial charge is 0.259 e. The highest BCUT2D eigenvalue weighted by atomic mass is 32.2. The molecule has 0 bridgehead atoms. The zero-order chi connectivity index (χ0) is 24.2. The van der Waals surface area contributed by atoms with Gasteiger partial charge in [-0.15, -0.1) is 0 Å². The van der Waals surface area contributed by atoms with E-state index in [4.69, 9.17) is 4.74 Å². The van der Waals surface area contributed by atoms with Gasteiger partial charge in [-0.25, -0.2) is 21.1 Å². The number of anilines is 1. The minimum Gasteiger partial charge on any atom is -0.496 e. The van der Waals surface area contributed by atoms with Crippen LogP contribution in [0, 0.1) is 0 Å². The summed E-state index contributed by atoms with van der Waals surface area (Å²) in [5.41, 5.74) is 0.0736. The predicted octanol–water partition coefficient (Wildman–Crippen LogP) is 2.76. The quantitative estimate of drug-likeness (QED) is 0.632. The van der Waals surface area contributed by atoms with Crippen molar-refractivity contribution in [1.29, 1.82) is 0 Å². The number of nitrogens with zero attached hydrogens (tertiary/aromatic N) is 2. The molecule has 11 heteroatoms. The molecule has 1 fully saturated rings. The van der Waals surface area contributed by atoms with Gasteiger partial charge in [0.15, 0.2) is 0 Å². The number of rotatable bonds is 7. The van der Waals surface area contributed by atoms with Crippen molar-refractivity contribution in [3.05, 3.63) is 48.0 Å². The van der Waals surface area contributed by atoms with Gasteiger partial charge in [0.05, 0.1) is 23.3 Å². The highest BCUT2D eigenvalue weighted by molar-refractivity contribution is 7.89. The molecular weight excluding hydrogens is 466 g/mol. The SMILES string of the molecule is COc1ccc(S(=O)(=O)N2CCCCCC2)cc1C(=O)Nc1ccccc1S(=O)(=O)N(C)C. The van der Waals surface area contributed by atoms with Crippen molar-refractivity contribution in [2.75, 3.05) is 39.6 Å². The summed E-state index contributed by atoms with van der Waals surface area (Å²) in [5.74, 6) is -0.503. The normalized spacial score (nSPS) is 15.8. The summed E-state index contributed by atoms with van der Waals surface area (Å²) < 4.78 is 59.5. The van der Waals surface area contributed by atoms with Gasteiger partial charge in [0.1, 0.15) is 10.6 Å². The molecule has 180 valence electrons. The first-order valence-electron chi connectivity index (χ1n) is 10.6. The number of hydrogen-bond acceptors (Lipinski definition) is 6. The maximum Gasteiger partial charge on any atom is 0.259 e. The number of nitrogens with one attached hydrogen (secondary N) is 1. The maximum absolute atomic E-state index is 13.2. The summed E-state index contributed by atoms with van der Waals surface area (Å²) in [6.45, 7) is 0.872. The predicted molar refractivity (Wildman–Crippen MR) is 125 cm³/mol. The number of sulfonamides is 2. The number of para-hydroxylation sites is 1. The van der Waals surface area contributed by atoms with E-state index in [0.717, 1.165) is 30.0 Å². The number of carbonyl (C=O) groups excluding carboxylic acids is 1. The van der Waals surface area contributed by atoms with Crippen LogP contribution in [-0.2, 0) is 20.0 Å². The van der Waals surface area contributed by atoms with Crippen molar-refractivity contribution < 1.29 is 26.4 Å². The highest BCUT2D eigenvalue weighted by Crippen LogP contribution is 2.29. The van der Waals surface area contributed by atoms with Crippen LogP contribution in [0.25, 0.3) is 0 Å². The molecule has 1 saturated heterocycles. The van der Waals surface area contributed by atoms with Crippen molar-refractivity contribution in [3.63, 3.8) is 0 Å². The lowest BCUT2D eigenvalue weighted by molar-refractivity contribution is 0.102. The third kappa shape index (κ3) is 5.37. The number of amides is 1. The number of ether oxygens (including phenoxy) is 1. The third-order valence-corrected chi connectivity index (χ3v) is 9.28. The average molecular weight is 496 g/mol. The van der Waals surface area contributed by atoms with Crippen LogP contribution in [0.4, 0.5) is 5.69 Å². The fraction of sp³-hybridized carbons (Fsp3) is 0.409. The maximum atomic E-state index is 13.2. The minimum atomic E-state index is -3.82. The van der Waals surface area contributed by atoms with Gasteiger partial charge >= 0.3 is 0 Å². The first-order chi connectivity index (χ1) is 15.6. The molecule has 1 aliphatic rings. The summed E-state index contributed by atoms with van der Waals surface area (Å²) >= 11 is 0. The molecule has 0 aromatic heterocycles. The standard InChI is InChI=1S/C22H29N3O6S2/c1-24(2)33(29,30)21-11-7-6-10-19(21)23-22(26)18-16-17(12-13-20(18)31-3)32(27,28)25-14-8-4-5-9-15-25/h6-7,10-13,16H,4-5,8-9,14-15H2,1-3H3,(H,23,26). The van der Waals surface area contributed by atoms with E-state index in [2.05, 4.69) is 5.32 Å². The topological polar surface area (TPSA) is 113 Å². The van der Waals surface area contributed by atoms with E-state index in [9.17, 15) is 21.6 Å². The Balaban J connectivity index is 1.98. The van der Waals surface area contributed by atoms with Gasteiger partial charge in [0.25, 0.3) is 5.91 Å². The Hall–Kier alpha value is -2.47. The van der Waals surface area contributed by atoms with Crippen molar-refractivity contribution >= 4 is 31.6 Å². The van der Waals surface area contributed by atoms with Crippen LogP contribution >= 0.6 is 0 Å². The number of benzene rings is 2. The van der Waals surface area contributed by atoms with Crippen LogP contribution in [0.3, 0.4) is 0 Å². The molecule has 9 nitrogen and oxygen atoms in total. The molecule has 2 aromatic rings. The Labute approximate surface area is 195 Å². The largest absolute Gasteiger partial charge is 0.496 e. The van der Waals surface area contributed by atoms with Crippen LogP contribution in [-0.4, -0.2) is 65.6 Å². The number of hydrogen-bond donors (Lipinski definition) is 1. The minimum absolute atomic E-state index is 0.00884. The molecule has 3 rings (SSSR count). The van der Waals surface area contributed by atoms with E-state index in [-0.39, 0.29) is 26.8 Å². The van der Waals surface area contributed by atoms with Gasteiger partial charge in [-0.05, 0) is 43.2 Å². The van der Waals surface area contributed by atoms with Crippen LogP contribution in [0.1, 0.15) is 36.0 Å². The molecule has 0 unspecified atom stereocenters. The summed E-state index contributed by atoms with van der Waals surface area (Å²) in [5, 5.41) is 2.60. The van der Waals surface area contributed by atoms with E-state index >= 15 is 0 Å². The fourth-order valence-electron chi connectivity index (χ4n) is 3.64. The molecule has 1 amide bonds. The summed E-state index contributed by atoms with van der Waals surface area (Å²) in [4.78, 5) is 13.1. The Morgan fingerprint density at radius 3 is 2.21 bits per heavy atom. The lowest BCUT2D eigenvalue weighted by Crippen LogP contribution is -2.32. The molecule has 1 heterocycles. The second-order valence-electron chi connectivity index (χ2n) is 7.92. The molecule has 0 radical (unpaired) electrons. The van der Waals surface area contributed by atoms with E-state index in [1.807, 2.05) is 0 Å². The van der Waals surface area contributed by atoms with Crippen molar-refractivity contribution in [2.24, 2.45) is 0 Å². The molecule has 0 aliphatic carbocycles. The fourth-order valence-corrected chi connectivity index (χ4v) is 6.22. The van der Waals surface area contributed by atoms with Crippen LogP contribution in [0.5, 0.6) is 5.75 Å². The third-order valence-electron chi connectivity index (χ3n) is 5.51. The van der Waals surface area contributed by atoms with E-state index in [0.29, 0.717) is 13.1 Å². The molecule has 0 spiro atoms. The summed E-state index contributed by atoms with van der Waals surface area (Å²) in [7, 11) is -3.43. The first kappa shape index (κ1) is 25.2. The van der Waals surface area contributed by atoms with Crippen LogP contribution in [0.15, 0.2) is 52.3 Å². The van der Waals surface area contributed by atoms with E-state index < -0.39 is 26.0 Å². The lowest BCUT2D eigenvalue weighted by Gasteiger charge is -2.21. The Bertz CT molecular complexity index is 1220. The summed E-state index contributed by atoms with van der Waals surface area (Å²) in [6, 6.07) is 10.1. The van der Waals surface area contributed by atoms with E-state index in [1.54, 1.807) is 12.1 Å². The second kappa shape index (κ2) is 10.2. The molecule has 0 atom stereocenters. The van der Waals surface area contributed by atoms with Gasteiger partial charge in [-0.3, -0.25) is 4.79 Å². The molecule has 2 aromatic carbocycles. The van der Waals surface area contributed by atoms with Gasteiger partial charge in [-0.1, -0.05) is 25.0 Å². The first-order valence-corrected chi connectivity index (χ1v) is 13.5. The second-order valence-corrected chi connectivity index (χ2v) is 12.0. The molecule has 1 aliphatic heterocycles. The lowest BCUT2D eigenvalue weighted by atomic mass is 10.2. The van der Waals surface area contributed by atoms with Gasteiger partial charge in [-0.2, -0.15) is 4.31 Å². The summed E-state index contributed by atoms with van der Waals surface area (Å²) in [6.07, 6.45) is 3.55. The van der Waals surface area contributed by atoms with Crippen LogP contribution < -0.4 is 10.1 Å². The molecule has 33 heavy (non-hydrogen) atoms. The highest BCUT2D eigenvalue weighted by Gasteiger charge is 2.28. The molecular formula is C22H29N3O6S2. The van der Waals surface area contributed by atoms with Crippen molar-refractivity contribution in [1.82, 2.24) is 8.61 Å². The van der Waals surface area contributed by atoms with Crippen LogP contribution in [0.2, 0.25) is 0 Å². The van der Waals surface area contributed by atoms with Crippen molar-refractivity contribution in [3.8, 4) is 5.75 Å². The van der Waals surface area contributed by atoms with Gasteiger partial charge in [0.2, 0.25) is 20.0 Å².